The molecule has 2 aliphatic rings. The third kappa shape index (κ3) is 5.02. The Labute approximate surface area is 234 Å². The molecule has 0 saturated carbocycles. The maximum absolute atomic E-state index is 13.4. The first-order valence-corrected chi connectivity index (χ1v) is 14.4. The molecule has 210 valence electrons. The van der Waals surface area contributed by atoms with Gasteiger partial charge in [0.25, 0.3) is 5.92 Å². The molecule has 0 spiro atoms. The molecule has 0 bridgehead atoms. The van der Waals surface area contributed by atoms with Gasteiger partial charge < -0.3 is 9.69 Å². The van der Waals surface area contributed by atoms with Crippen LogP contribution in [0.1, 0.15) is 36.9 Å². The first-order valence-electron chi connectivity index (χ1n) is 13.5. The fourth-order valence-electron chi connectivity index (χ4n) is 5.83. The van der Waals surface area contributed by atoms with E-state index in [0.717, 1.165) is 59.1 Å². The standard InChI is InChI=1S/C29H31F3N6OS/c1-3-23-27(35(2)28-34-24(16-40-28)20-4-7-22(30)8-5-20)38-14-21(6-9-25(38)33-23)19-10-12-36(13-11-19)26(15-39)37-17-29(31,32)18-37/h4-9,14-16,19,26H,3,10-13,17-18H2,1-2H3. The number of anilines is 2. The minimum atomic E-state index is -2.69. The number of thiazole rings is 1. The van der Waals surface area contributed by atoms with Gasteiger partial charge in [-0.3, -0.25) is 14.2 Å². The highest BCUT2D eigenvalue weighted by molar-refractivity contribution is 7.14. The number of aryl methyl sites for hydroxylation is 1. The number of pyridine rings is 1. The third-order valence-corrected chi connectivity index (χ3v) is 8.91. The van der Waals surface area contributed by atoms with Crippen LogP contribution in [0, 0.1) is 5.82 Å². The van der Waals surface area contributed by atoms with Gasteiger partial charge in [0.05, 0.1) is 24.5 Å². The van der Waals surface area contributed by atoms with Crippen molar-refractivity contribution in [2.45, 2.75) is 44.2 Å². The van der Waals surface area contributed by atoms with E-state index in [2.05, 4.69) is 28.5 Å². The summed E-state index contributed by atoms with van der Waals surface area (Å²) >= 11 is 1.52. The Morgan fingerprint density at radius 1 is 1.10 bits per heavy atom. The number of halogens is 3. The number of aldehydes is 1. The zero-order valence-corrected chi connectivity index (χ0v) is 23.3. The second-order valence-corrected chi connectivity index (χ2v) is 11.5. The van der Waals surface area contributed by atoms with Crippen molar-refractivity contribution in [2.24, 2.45) is 0 Å². The van der Waals surface area contributed by atoms with E-state index < -0.39 is 12.1 Å². The number of likely N-dealkylation sites (tertiary alicyclic amines) is 2. The van der Waals surface area contributed by atoms with E-state index in [1.165, 1.54) is 29.0 Å². The number of piperidine rings is 1. The summed E-state index contributed by atoms with van der Waals surface area (Å²) in [6, 6.07) is 10.5. The zero-order chi connectivity index (χ0) is 28.0. The van der Waals surface area contributed by atoms with Crippen LogP contribution in [-0.2, 0) is 11.2 Å². The topological polar surface area (TPSA) is 57.0 Å². The van der Waals surface area contributed by atoms with Crippen molar-refractivity contribution in [3.63, 3.8) is 0 Å². The van der Waals surface area contributed by atoms with Crippen molar-refractivity contribution < 1.29 is 18.0 Å². The van der Waals surface area contributed by atoms with Crippen LogP contribution in [0.25, 0.3) is 16.9 Å². The van der Waals surface area contributed by atoms with Gasteiger partial charge >= 0.3 is 0 Å². The predicted octanol–water partition coefficient (Wildman–Crippen LogP) is 5.58. The minimum Gasteiger partial charge on any atom is -0.305 e. The van der Waals surface area contributed by atoms with Gasteiger partial charge in [0.1, 0.15) is 23.4 Å². The van der Waals surface area contributed by atoms with Gasteiger partial charge in [-0.25, -0.2) is 23.1 Å². The highest BCUT2D eigenvalue weighted by Crippen LogP contribution is 2.36. The lowest BCUT2D eigenvalue weighted by molar-refractivity contribution is -0.171. The highest BCUT2D eigenvalue weighted by Gasteiger charge is 2.48. The number of carbonyl (C=O) groups is 1. The molecule has 1 unspecified atom stereocenters. The molecule has 11 heteroatoms. The smallest absolute Gasteiger partial charge is 0.273 e. The van der Waals surface area contributed by atoms with Crippen LogP contribution in [0.15, 0.2) is 48.0 Å². The Kier molecular flexibility index (Phi) is 7.14. The van der Waals surface area contributed by atoms with Gasteiger partial charge in [0, 0.05) is 37.3 Å². The van der Waals surface area contributed by atoms with Crippen LogP contribution in [0.3, 0.4) is 0 Å². The van der Waals surface area contributed by atoms with Crippen molar-refractivity contribution in [2.75, 3.05) is 38.1 Å². The zero-order valence-electron chi connectivity index (χ0n) is 22.4. The Balaban J connectivity index is 1.22. The summed E-state index contributed by atoms with van der Waals surface area (Å²) in [4.78, 5) is 27.1. The van der Waals surface area contributed by atoms with Gasteiger partial charge in [-0.15, -0.1) is 11.3 Å². The van der Waals surface area contributed by atoms with Crippen LogP contribution in [0.4, 0.5) is 24.1 Å². The third-order valence-electron chi connectivity index (χ3n) is 8.00. The Morgan fingerprint density at radius 3 is 2.48 bits per heavy atom. The van der Waals surface area contributed by atoms with E-state index in [0.29, 0.717) is 19.0 Å². The number of hydrogen-bond donors (Lipinski definition) is 0. The molecule has 0 aliphatic carbocycles. The van der Waals surface area contributed by atoms with Crippen molar-refractivity contribution in [3.05, 3.63) is 65.0 Å². The molecule has 0 amide bonds. The second kappa shape index (κ2) is 10.6. The molecule has 1 atom stereocenters. The maximum atomic E-state index is 13.4. The van der Waals surface area contributed by atoms with Crippen LogP contribution in [0.5, 0.6) is 0 Å². The molecular weight excluding hydrogens is 537 g/mol. The van der Waals surface area contributed by atoms with Gasteiger partial charge in [0.15, 0.2) is 11.4 Å². The van der Waals surface area contributed by atoms with Crippen LogP contribution in [0.2, 0.25) is 0 Å². The normalized spacial score (nSPS) is 19.0. The van der Waals surface area contributed by atoms with E-state index in [1.54, 1.807) is 17.0 Å². The van der Waals surface area contributed by atoms with Crippen molar-refractivity contribution in [1.82, 2.24) is 24.2 Å². The van der Waals surface area contributed by atoms with E-state index in [-0.39, 0.29) is 18.9 Å². The first-order chi connectivity index (χ1) is 19.3. The lowest BCUT2D eigenvalue weighted by Gasteiger charge is -2.47. The summed E-state index contributed by atoms with van der Waals surface area (Å²) in [6.07, 6.45) is 4.80. The number of aromatic nitrogens is 3. The number of nitrogens with zero attached hydrogens (tertiary/aromatic N) is 6. The lowest BCUT2D eigenvalue weighted by atomic mass is 9.90. The predicted molar refractivity (Wildman–Crippen MR) is 150 cm³/mol. The summed E-state index contributed by atoms with van der Waals surface area (Å²) < 4.78 is 42.3. The first kappa shape index (κ1) is 26.9. The quantitative estimate of drug-likeness (QED) is 0.259. The monoisotopic (exact) mass is 568 g/mol. The van der Waals surface area contributed by atoms with Crippen molar-refractivity contribution in [3.8, 4) is 11.3 Å². The minimum absolute atomic E-state index is 0.277. The molecule has 5 heterocycles. The molecule has 2 saturated heterocycles. The molecule has 2 aliphatic heterocycles. The molecule has 7 nitrogen and oxygen atoms in total. The molecular formula is C29H31F3N6OS. The molecule has 0 N–H and O–H groups in total. The summed E-state index contributed by atoms with van der Waals surface area (Å²) in [5.41, 5.74) is 4.66. The summed E-state index contributed by atoms with van der Waals surface area (Å²) in [5.74, 6) is -1.72. The number of hydrogen-bond acceptors (Lipinski definition) is 7. The molecule has 0 radical (unpaired) electrons. The molecule has 6 rings (SSSR count). The average molecular weight is 569 g/mol. The number of alkyl halides is 2. The number of fused-ring (bicyclic) bond motifs is 1. The number of benzene rings is 1. The van der Waals surface area contributed by atoms with Gasteiger partial charge in [-0.05, 0) is 61.1 Å². The van der Waals surface area contributed by atoms with Gasteiger partial charge in [-0.2, -0.15) is 0 Å². The fourth-order valence-corrected chi connectivity index (χ4v) is 6.63. The average Bonchev–Trinajstić information content (AvgIpc) is 3.58. The van der Waals surface area contributed by atoms with Crippen LogP contribution >= 0.6 is 11.3 Å². The molecule has 4 aromatic rings. The fraction of sp³-hybridized carbons (Fsp3) is 0.414. The van der Waals surface area contributed by atoms with E-state index >= 15 is 0 Å². The van der Waals surface area contributed by atoms with Gasteiger partial charge in [0.2, 0.25) is 0 Å². The number of carbonyl (C=O) groups excluding carboxylic acids is 1. The summed E-state index contributed by atoms with van der Waals surface area (Å²) in [5, 5.41) is 2.78. The summed E-state index contributed by atoms with van der Waals surface area (Å²) in [6.45, 7) is 2.73. The largest absolute Gasteiger partial charge is 0.305 e. The molecule has 2 fully saturated rings. The van der Waals surface area contributed by atoms with Crippen LogP contribution < -0.4 is 4.90 Å². The number of imidazole rings is 1. The van der Waals surface area contributed by atoms with E-state index in [4.69, 9.17) is 9.97 Å². The summed E-state index contributed by atoms with van der Waals surface area (Å²) in [7, 11) is 1.99. The van der Waals surface area contributed by atoms with E-state index in [1.807, 2.05) is 23.4 Å². The Hall–Kier alpha value is -3.28. The lowest BCUT2D eigenvalue weighted by Crippen LogP contribution is -2.65. The molecule has 3 aromatic heterocycles. The SMILES string of the molecule is CCc1nc2ccc(C3CCN(C(C=O)N4CC(F)(F)C4)CC3)cn2c1N(C)c1nc(-c2ccc(F)cc2)cs1. The molecule has 1 aromatic carbocycles. The van der Waals surface area contributed by atoms with Crippen LogP contribution in [-0.4, -0.2) is 75.8 Å². The number of rotatable bonds is 8. The second-order valence-electron chi connectivity index (χ2n) is 10.6. The Bertz CT molecular complexity index is 1500. The van der Waals surface area contributed by atoms with Gasteiger partial charge in [-0.1, -0.05) is 13.0 Å². The van der Waals surface area contributed by atoms with E-state index in [9.17, 15) is 18.0 Å². The van der Waals surface area contributed by atoms with Crippen molar-refractivity contribution in [1.29, 1.82) is 0 Å². The molecule has 40 heavy (non-hydrogen) atoms. The Morgan fingerprint density at radius 2 is 1.82 bits per heavy atom. The van der Waals surface area contributed by atoms with Crippen molar-refractivity contribution >= 4 is 34.2 Å². The maximum Gasteiger partial charge on any atom is 0.273 e. The highest BCUT2D eigenvalue weighted by atomic mass is 32.1.